The maximum Gasteiger partial charge on any atom is 0.251 e. The van der Waals surface area contributed by atoms with E-state index in [1.54, 1.807) is 42.3 Å². The summed E-state index contributed by atoms with van der Waals surface area (Å²) in [7, 11) is 1.79. The Balaban J connectivity index is 1.89. The van der Waals surface area contributed by atoms with Crippen LogP contribution in [0.2, 0.25) is 0 Å². The molecule has 0 aliphatic rings. The zero-order valence-corrected chi connectivity index (χ0v) is 10.5. The average molecular weight is 255 g/mol. The highest BCUT2D eigenvalue weighted by atomic mass is 16.1. The van der Waals surface area contributed by atoms with Crippen LogP contribution in [0.4, 0.5) is 0 Å². The first-order valence-electron chi connectivity index (χ1n) is 5.82. The molecule has 96 valence electrons. The number of aryl methyl sites for hydroxylation is 1. The Morgan fingerprint density at radius 1 is 1.53 bits per heavy atom. The van der Waals surface area contributed by atoms with Crippen LogP contribution in [0.15, 0.2) is 30.6 Å². The molecule has 2 aromatic rings. The highest BCUT2D eigenvalue weighted by molar-refractivity contribution is 5.94. The Kier molecular flexibility index (Phi) is 3.88. The summed E-state index contributed by atoms with van der Waals surface area (Å²) in [5.41, 5.74) is 0.951. The minimum absolute atomic E-state index is 0.201. The fourth-order valence-corrected chi connectivity index (χ4v) is 1.62. The number of nitriles is 1. The van der Waals surface area contributed by atoms with Crippen molar-refractivity contribution in [3.63, 3.8) is 0 Å². The van der Waals surface area contributed by atoms with E-state index in [-0.39, 0.29) is 5.91 Å². The quantitative estimate of drug-likeness (QED) is 0.869. The van der Waals surface area contributed by atoms with Gasteiger partial charge in [-0.15, -0.1) is 0 Å². The molecule has 0 fully saturated rings. The Hall–Kier alpha value is -2.68. The Morgan fingerprint density at radius 3 is 3.05 bits per heavy atom. The minimum atomic E-state index is -0.201. The van der Waals surface area contributed by atoms with E-state index in [4.69, 9.17) is 5.26 Å². The molecule has 1 N–H and O–H groups in total. The molecule has 1 aromatic carbocycles. The fraction of sp³-hybridized carbons (Fsp3) is 0.231. The number of hydrogen-bond acceptors (Lipinski definition) is 4. The van der Waals surface area contributed by atoms with Gasteiger partial charge in [-0.25, -0.2) is 4.98 Å². The number of carbonyl (C=O) groups excluding carboxylic acids is 1. The van der Waals surface area contributed by atoms with Gasteiger partial charge >= 0.3 is 0 Å². The summed E-state index contributed by atoms with van der Waals surface area (Å²) in [6, 6.07) is 8.59. The number of carbonyl (C=O) groups is 1. The van der Waals surface area contributed by atoms with Crippen molar-refractivity contribution in [2.75, 3.05) is 6.54 Å². The third kappa shape index (κ3) is 3.39. The normalized spacial score (nSPS) is 9.89. The lowest BCUT2D eigenvalue weighted by Crippen LogP contribution is -2.26. The molecule has 0 aliphatic heterocycles. The molecular weight excluding hydrogens is 242 g/mol. The van der Waals surface area contributed by atoms with Crippen molar-refractivity contribution in [2.24, 2.45) is 7.05 Å². The summed E-state index contributed by atoms with van der Waals surface area (Å²) in [5, 5.41) is 15.7. The standard InChI is InChI=1S/C13H13N5O/c1-18-9-16-12(17-18)5-6-15-13(19)11-4-2-3-10(7-11)8-14/h2-4,7,9H,5-6H2,1H3,(H,15,19). The van der Waals surface area contributed by atoms with Gasteiger partial charge in [0.15, 0.2) is 5.82 Å². The smallest absolute Gasteiger partial charge is 0.251 e. The summed E-state index contributed by atoms with van der Waals surface area (Å²) in [5.74, 6) is 0.488. The van der Waals surface area contributed by atoms with Gasteiger partial charge in [0.2, 0.25) is 0 Å². The lowest BCUT2D eigenvalue weighted by molar-refractivity contribution is 0.0954. The van der Waals surface area contributed by atoms with Crippen molar-refractivity contribution in [3.8, 4) is 6.07 Å². The summed E-state index contributed by atoms with van der Waals surface area (Å²) in [4.78, 5) is 15.9. The molecule has 0 aliphatic carbocycles. The molecule has 0 radical (unpaired) electrons. The highest BCUT2D eigenvalue weighted by Gasteiger charge is 2.06. The van der Waals surface area contributed by atoms with Gasteiger partial charge in [0.05, 0.1) is 11.6 Å². The van der Waals surface area contributed by atoms with Gasteiger partial charge in [-0.2, -0.15) is 10.4 Å². The van der Waals surface area contributed by atoms with Crippen molar-refractivity contribution >= 4 is 5.91 Å². The number of rotatable bonds is 4. The molecule has 1 aromatic heterocycles. The Bertz CT molecular complexity index is 626. The van der Waals surface area contributed by atoms with E-state index < -0.39 is 0 Å². The molecule has 0 unspecified atom stereocenters. The Labute approximate surface area is 110 Å². The van der Waals surface area contributed by atoms with E-state index in [0.29, 0.717) is 29.9 Å². The van der Waals surface area contributed by atoms with Crippen LogP contribution in [-0.2, 0) is 13.5 Å². The summed E-state index contributed by atoms with van der Waals surface area (Å²) >= 11 is 0. The first-order chi connectivity index (χ1) is 9.19. The molecule has 1 amide bonds. The van der Waals surface area contributed by atoms with Gasteiger partial charge in [-0.3, -0.25) is 9.48 Å². The van der Waals surface area contributed by atoms with Crippen LogP contribution in [0.25, 0.3) is 0 Å². The zero-order valence-electron chi connectivity index (χ0n) is 10.5. The monoisotopic (exact) mass is 255 g/mol. The van der Waals surface area contributed by atoms with Crippen molar-refractivity contribution in [3.05, 3.63) is 47.5 Å². The van der Waals surface area contributed by atoms with Gasteiger partial charge in [0.1, 0.15) is 6.33 Å². The first kappa shape index (κ1) is 12.8. The van der Waals surface area contributed by atoms with Crippen LogP contribution in [0.3, 0.4) is 0 Å². The van der Waals surface area contributed by atoms with E-state index in [1.807, 2.05) is 6.07 Å². The van der Waals surface area contributed by atoms with E-state index in [9.17, 15) is 4.79 Å². The third-order valence-electron chi connectivity index (χ3n) is 2.54. The molecule has 2 rings (SSSR count). The van der Waals surface area contributed by atoms with Crippen LogP contribution in [0, 0.1) is 11.3 Å². The van der Waals surface area contributed by atoms with Crippen molar-refractivity contribution < 1.29 is 4.79 Å². The second kappa shape index (κ2) is 5.78. The maximum atomic E-state index is 11.8. The number of hydrogen-bond donors (Lipinski definition) is 1. The second-order valence-corrected chi connectivity index (χ2v) is 4.03. The van der Waals surface area contributed by atoms with Gasteiger partial charge in [0, 0.05) is 25.6 Å². The third-order valence-corrected chi connectivity index (χ3v) is 2.54. The molecule has 6 nitrogen and oxygen atoms in total. The van der Waals surface area contributed by atoms with Gasteiger partial charge in [0.25, 0.3) is 5.91 Å². The van der Waals surface area contributed by atoms with E-state index in [2.05, 4.69) is 15.4 Å². The summed E-state index contributed by atoms with van der Waals surface area (Å²) in [6.07, 6.45) is 2.19. The van der Waals surface area contributed by atoms with E-state index in [0.717, 1.165) is 0 Å². The van der Waals surface area contributed by atoms with Crippen LogP contribution in [-0.4, -0.2) is 27.2 Å². The predicted molar refractivity (Wildman–Crippen MR) is 68.2 cm³/mol. The molecule has 0 spiro atoms. The summed E-state index contributed by atoms with van der Waals surface area (Å²) in [6.45, 7) is 0.458. The van der Waals surface area contributed by atoms with Crippen LogP contribution in [0.1, 0.15) is 21.7 Å². The maximum absolute atomic E-state index is 11.8. The van der Waals surface area contributed by atoms with Gasteiger partial charge < -0.3 is 5.32 Å². The minimum Gasteiger partial charge on any atom is -0.352 e. The van der Waals surface area contributed by atoms with Gasteiger partial charge in [-0.05, 0) is 18.2 Å². The average Bonchev–Trinajstić information content (AvgIpc) is 2.84. The topological polar surface area (TPSA) is 83.6 Å². The molecule has 0 atom stereocenters. The highest BCUT2D eigenvalue weighted by Crippen LogP contribution is 2.03. The number of aromatic nitrogens is 3. The van der Waals surface area contributed by atoms with Crippen LogP contribution in [0.5, 0.6) is 0 Å². The largest absolute Gasteiger partial charge is 0.352 e. The van der Waals surface area contributed by atoms with Crippen molar-refractivity contribution in [1.29, 1.82) is 5.26 Å². The molecule has 0 saturated heterocycles. The van der Waals surface area contributed by atoms with E-state index >= 15 is 0 Å². The molecule has 19 heavy (non-hydrogen) atoms. The molecule has 0 bridgehead atoms. The summed E-state index contributed by atoms with van der Waals surface area (Å²) < 4.78 is 1.62. The van der Waals surface area contributed by atoms with Crippen LogP contribution >= 0.6 is 0 Å². The number of amides is 1. The SMILES string of the molecule is Cn1cnc(CCNC(=O)c2cccc(C#N)c2)n1. The lowest BCUT2D eigenvalue weighted by Gasteiger charge is -2.03. The molecule has 1 heterocycles. The molecule has 0 saturated carbocycles. The van der Waals surface area contributed by atoms with Gasteiger partial charge in [-0.1, -0.05) is 6.07 Å². The molecular formula is C13H13N5O. The Morgan fingerprint density at radius 2 is 2.37 bits per heavy atom. The fourth-order valence-electron chi connectivity index (χ4n) is 1.62. The molecule has 6 heteroatoms. The number of nitrogens with one attached hydrogen (secondary N) is 1. The van der Waals surface area contributed by atoms with E-state index in [1.165, 1.54) is 0 Å². The van der Waals surface area contributed by atoms with Crippen molar-refractivity contribution in [2.45, 2.75) is 6.42 Å². The zero-order chi connectivity index (χ0) is 13.7. The number of nitrogens with zero attached hydrogens (tertiary/aromatic N) is 4. The van der Waals surface area contributed by atoms with Crippen molar-refractivity contribution in [1.82, 2.24) is 20.1 Å². The number of benzene rings is 1. The second-order valence-electron chi connectivity index (χ2n) is 4.03. The predicted octanol–water partition coefficient (Wildman–Crippen LogP) is 0.659. The lowest BCUT2D eigenvalue weighted by atomic mass is 10.1. The van der Waals surface area contributed by atoms with Crippen LogP contribution < -0.4 is 5.32 Å². The first-order valence-corrected chi connectivity index (χ1v) is 5.82.